The monoisotopic (exact) mass is 409 g/mol. The fourth-order valence-electron chi connectivity index (χ4n) is 2.64. The smallest absolute Gasteiger partial charge is 0.347 e. The van der Waals surface area contributed by atoms with Crippen molar-refractivity contribution >= 4 is 40.6 Å². The highest BCUT2D eigenvalue weighted by atomic mass is 16.5. The van der Waals surface area contributed by atoms with Crippen molar-refractivity contribution in [3.8, 4) is 0 Å². The lowest BCUT2D eigenvalue weighted by Gasteiger charge is -2.10. The molecular formula is C21H19N3O6. The van der Waals surface area contributed by atoms with Crippen LogP contribution in [-0.2, 0) is 28.7 Å². The van der Waals surface area contributed by atoms with E-state index in [1.807, 2.05) is 6.07 Å². The summed E-state index contributed by atoms with van der Waals surface area (Å²) in [5.41, 5.74) is 1.27. The molecule has 1 heterocycles. The molecule has 2 aromatic carbocycles. The number of carbonyl (C=O) groups is 4. The van der Waals surface area contributed by atoms with Crippen LogP contribution in [0.2, 0.25) is 0 Å². The summed E-state index contributed by atoms with van der Waals surface area (Å²) in [5, 5.41) is 8.00. The van der Waals surface area contributed by atoms with Crippen LogP contribution in [0.25, 0.3) is 0 Å². The molecule has 1 aliphatic rings. The van der Waals surface area contributed by atoms with Crippen LogP contribution in [0.3, 0.4) is 0 Å². The van der Waals surface area contributed by atoms with Crippen molar-refractivity contribution in [1.29, 1.82) is 0 Å². The zero-order valence-corrected chi connectivity index (χ0v) is 16.1. The molecule has 0 unspecified atom stereocenters. The quantitative estimate of drug-likeness (QED) is 0.472. The number of ketones is 1. The van der Waals surface area contributed by atoms with Gasteiger partial charge in [0.25, 0.3) is 5.91 Å². The number of hydrogen-bond acceptors (Lipinski definition) is 7. The van der Waals surface area contributed by atoms with E-state index in [1.165, 1.54) is 6.92 Å². The van der Waals surface area contributed by atoms with E-state index in [0.717, 1.165) is 0 Å². The summed E-state index contributed by atoms with van der Waals surface area (Å²) in [6, 6.07) is 15.3. The number of esters is 1. The molecule has 154 valence electrons. The van der Waals surface area contributed by atoms with Crippen LogP contribution in [0.5, 0.6) is 0 Å². The third kappa shape index (κ3) is 5.44. The molecule has 30 heavy (non-hydrogen) atoms. The molecule has 0 fully saturated rings. The van der Waals surface area contributed by atoms with Crippen LogP contribution in [-0.4, -0.2) is 36.8 Å². The number of Topliss-reactive ketones (excluding diaryl/α,β-unsaturated/α-hetero) is 1. The van der Waals surface area contributed by atoms with Gasteiger partial charge in [-0.15, -0.1) is 0 Å². The van der Waals surface area contributed by atoms with E-state index >= 15 is 0 Å². The maximum atomic E-state index is 12.3. The van der Waals surface area contributed by atoms with Crippen molar-refractivity contribution in [3.63, 3.8) is 0 Å². The Bertz CT molecular complexity index is 1020. The first kappa shape index (κ1) is 20.6. The van der Waals surface area contributed by atoms with Crippen LogP contribution in [0.1, 0.15) is 6.92 Å². The van der Waals surface area contributed by atoms with Gasteiger partial charge in [-0.2, -0.15) is 0 Å². The van der Waals surface area contributed by atoms with Crippen molar-refractivity contribution in [1.82, 2.24) is 0 Å². The average molecular weight is 409 g/mol. The first-order chi connectivity index (χ1) is 14.4. The van der Waals surface area contributed by atoms with Crippen molar-refractivity contribution in [2.45, 2.75) is 6.92 Å². The molecule has 2 amide bonds. The number of para-hydroxylation sites is 1. The Balaban J connectivity index is 1.60. The zero-order valence-electron chi connectivity index (χ0n) is 16.1. The number of carbonyl (C=O) groups excluding carboxylic acids is 4. The molecule has 0 atom stereocenters. The maximum absolute atomic E-state index is 12.3. The summed E-state index contributed by atoms with van der Waals surface area (Å²) in [5.74, 6) is -2.36. The van der Waals surface area contributed by atoms with Gasteiger partial charge in [-0.05, 0) is 30.3 Å². The Kier molecular flexibility index (Phi) is 6.43. The topological polar surface area (TPSA) is 123 Å². The van der Waals surface area contributed by atoms with Crippen molar-refractivity contribution in [3.05, 3.63) is 66.1 Å². The number of hydrogen-bond donors (Lipinski definition) is 3. The third-order valence-electron chi connectivity index (χ3n) is 3.89. The van der Waals surface area contributed by atoms with Gasteiger partial charge in [0, 0.05) is 24.0 Å². The lowest BCUT2D eigenvalue weighted by Crippen LogP contribution is -2.24. The van der Waals surface area contributed by atoms with Gasteiger partial charge in [-0.3, -0.25) is 14.4 Å². The van der Waals surface area contributed by atoms with Gasteiger partial charge in [0.15, 0.2) is 18.8 Å². The van der Waals surface area contributed by atoms with Crippen LogP contribution in [0.4, 0.5) is 17.1 Å². The Morgan fingerprint density at radius 2 is 1.63 bits per heavy atom. The summed E-state index contributed by atoms with van der Waals surface area (Å²) in [7, 11) is 0. The molecular weight excluding hydrogens is 390 g/mol. The maximum Gasteiger partial charge on any atom is 0.347 e. The van der Waals surface area contributed by atoms with Gasteiger partial charge in [-0.1, -0.05) is 24.3 Å². The van der Waals surface area contributed by atoms with Crippen LogP contribution in [0, 0.1) is 0 Å². The highest BCUT2D eigenvalue weighted by Crippen LogP contribution is 2.20. The second kappa shape index (κ2) is 9.37. The standard InChI is InChI=1S/C21H19N3O6/c1-13(25)22-15-8-5-9-16(10-15)23-18(27)12-30-21(28)19-17(26)11-29-20(19)24-14-6-3-2-4-7-14/h2-10,24H,11-12H2,1H3,(H,22,25)(H,23,27). The van der Waals surface area contributed by atoms with Gasteiger partial charge in [0.05, 0.1) is 0 Å². The van der Waals surface area contributed by atoms with Gasteiger partial charge in [0.1, 0.15) is 0 Å². The van der Waals surface area contributed by atoms with Gasteiger partial charge in [-0.25, -0.2) is 4.79 Å². The second-order valence-corrected chi connectivity index (χ2v) is 6.29. The number of rotatable bonds is 7. The largest absolute Gasteiger partial charge is 0.470 e. The summed E-state index contributed by atoms with van der Waals surface area (Å²) >= 11 is 0. The Morgan fingerprint density at radius 1 is 0.967 bits per heavy atom. The van der Waals surface area contributed by atoms with Crippen molar-refractivity contribution < 1.29 is 28.7 Å². The van der Waals surface area contributed by atoms with Crippen LogP contribution >= 0.6 is 0 Å². The van der Waals surface area contributed by atoms with E-state index in [0.29, 0.717) is 17.1 Å². The lowest BCUT2D eigenvalue weighted by molar-refractivity contribution is -0.144. The molecule has 3 rings (SSSR count). The highest BCUT2D eigenvalue weighted by Gasteiger charge is 2.32. The highest BCUT2D eigenvalue weighted by molar-refractivity contribution is 6.20. The van der Waals surface area contributed by atoms with Gasteiger partial charge in [0.2, 0.25) is 17.6 Å². The fraction of sp³-hybridized carbons (Fsp3) is 0.143. The number of ether oxygens (including phenoxy) is 2. The molecule has 9 heteroatoms. The zero-order chi connectivity index (χ0) is 21.5. The molecule has 3 N–H and O–H groups in total. The van der Waals surface area contributed by atoms with Gasteiger partial charge < -0.3 is 25.4 Å². The minimum atomic E-state index is -0.960. The summed E-state index contributed by atoms with van der Waals surface area (Å²) in [6.45, 7) is 0.481. The molecule has 0 saturated carbocycles. The van der Waals surface area contributed by atoms with E-state index in [2.05, 4.69) is 16.0 Å². The average Bonchev–Trinajstić information content (AvgIpc) is 3.07. The van der Waals surface area contributed by atoms with Crippen LogP contribution < -0.4 is 16.0 Å². The Hall–Kier alpha value is -4.14. The number of nitrogens with one attached hydrogen (secondary N) is 3. The molecule has 0 bridgehead atoms. The van der Waals surface area contributed by atoms with E-state index in [1.54, 1.807) is 48.5 Å². The molecule has 0 saturated heterocycles. The predicted molar refractivity (Wildman–Crippen MR) is 108 cm³/mol. The Labute approximate surface area is 172 Å². The molecule has 9 nitrogen and oxygen atoms in total. The van der Waals surface area contributed by atoms with Gasteiger partial charge >= 0.3 is 5.97 Å². The van der Waals surface area contributed by atoms with E-state index in [-0.39, 0.29) is 24.0 Å². The van der Waals surface area contributed by atoms with E-state index in [4.69, 9.17) is 9.47 Å². The first-order valence-corrected chi connectivity index (χ1v) is 8.99. The Morgan fingerprint density at radius 3 is 2.33 bits per heavy atom. The molecule has 2 aromatic rings. The lowest BCUT2D eigenvalue weighted by atomic mass is 10.2. The minimum Gasteiger partial charge on any atom is -0.470 e. The molecule has 0 spiro atoms. The predicted octanol–water partition coefficient (Wildman–Crippen LogP) is 2.05. The number of amides is 2. The summed E-state index contributed by atoms with van der Waals surface area (Å²) < 4.78 is 10.2. The van der Waals surface area contributed by atoms with E-state index in [9.17, 15) is 19.2 Å². The van der Waals surface area contributed by atoms with Crippen molar-refractivity contribution in [2.75, 3.05) is 29.2 Å². The minimum absolute atomic E-state index is 0.0142. The normalized spacial score (nSPS) is 12.8. The molecule has 0 radical (unpaired) electrons. The molecule has 0 aromatic heterocycles. The first-order valence-electron chi connectivity index (χ1n) is 8.99. The fourth-order valence-corrected chi connectivity index (χ4v) is 2.64. The van der Waals surface area contributed by atoms with Crippen molar-refractivity contribution in [2.24, 2.45) is 0 Å². The van der Waals surface area contributed by atoms with Crippen LogP contribution in [0.15, 0.2) is 66.1 Å². The molecule has 1 aliphatic heterocycles. The SMILES string of the molecule is CC(=O)Nc1cccc(NC(=O)COC(=O)C2=C(Nc3ccccc3)OCC2=O)c1. The number of benzene rings is 2. The second-order valence-electron chi connectivity index (χ2n) is 6.29. The van der Waals surface area contributed by atoms with E-state index < -0.39 is 24.3 Å². The third-order valence-corrected chi connectivity index (χ3v) is 3.89. The summed E-state index contributed by atoms with van der Waals surface area (Å²) in [6.07, 6.45) is 0. The molecule has 0 aliphatic carbocycles. The summed E-state index contributed by atoms with van der Waals surface area (Å²) in [4.78, 5) is 47.6. The number of anilines is 3.